The van der Waals surface area contributed by atoms with E-state index >= 15 is 0 Å². The van der Waals surface area contributed by atoms with Gasteiger partial charge in [0.1, 0.15) is 11.6 Å². The number of anilines is 2. The van der Waals surface area contributed by atoms with Crippen molar-refractivity contribution in [2.24, 2.45) is 0 Å². The summed E-state index contributed by atoms with van der Waals surface area (Å²) < 4.78 is 0.865. The van der Waals surface area contributed by atoms with Crippen molar-refractivity contribution in [3.8, 4) is 0 Å². The molecule has 6 heteroatoms. The summed E-state index contributed by atoms with van der Waals surface area (Å²) in [6.07, 6.45) is 1.64. The van der Waals surface area contributed by atoms with Crippen LogP contribution in [0, 0.1) is 0 Å². The Morgan fingerprint density at radius 1 is 1.24 bits per heavy atom. The Morgan fingerprint density at radius 2 is 2.00 bits per heavy atom. The summed E-state index contributed by atoms with van der Waals surface area (Å²) in [5, 5.41) is 5.75. The number of nitrogens with one attached hydrogen (secondary N) is 2. The Hall–Kier alpha value is -1.95. The maximum atomic E-state index is 12.3. The van der Waals surface area contributed by atoms with Gasteiger partial charge in [-0.15, -0.1) is 0 Å². The molecule has 0 aliphatic rings. The smallest absolute Gasteiger partial charge is 0.257 e. The normalized spacial score (nSPS) is 10.5. The van der Waals surface area contributed by atoms with Crippen LogP contribution in [0.5, 0.6) is 0 Å². The number of aromatic nitrogens is 2. The van der Waals surface area contributed by atoms with E-state index in [0.717, 1.165) is 10.2 Å². The molecule has 0 bridgehead atoms. The van der Waals surface area contributed by atoms with E-state index in [2.05, 4.69) is 36.5 Å². The van der Waals surface area contributed by atoms with Gasteiger partial charge in [-0.25, -0.2) is 9.97 Å². The minimum absolute atomic E-state index is 0.203. The number of hydrogen-bond acceptors (Lipinski definition) is 4. The Balaban J connectivity index is 2.25. The van der Waals surface area contributed by atoms with Crippen molar-refractivity contribution >= 4 is 33.5 Å². The Labute approximate surface area is 132 Å². The minimum atomic E-state index is -0.203. The molecule has 21 heavy (non-hydrogen) atoms. The second-order valence-corrected chi connectivity index (χ2v) is 5.80. The van der Waals surface area contributed by atoms with E-state index in [4.69, 9.17) is 0 Å². The Kier molecular flexibility index (Phi) is 4.90. The molecule has 2 aromatic rings. The fourth-order valence-corrected chi connectivity index (χ4v) is 1.98. The van der Waals surface area contributed by atoms with Crippen LogP contribution >= 0.6 is 15.9 Å². The lowest BCUT2D eigenvalue weighted by atomic mass is 10.1. The summed E-state index contributed by atoms with van der Waals surface area (Å²) in [6.45, 7) is 4.08. The summed E-state index contributed by atoms with van der Waals surface area (Å²) in [5.74, 6) is 1.23. The van der Waals surface area contributed by atoms with Crippen LogP contribution in [-0.2, 0) is 0 Å². The topological polar surface area (TPSA) is 66.9 Å². The molecule has 0 fully saturated rings. The molecular weight excluding hydrogens is 332 g/mol. The fourth-order valence-electron chi connectivity index (χ4n) is 1.75. The van der Waals surface area contributed by atoms with Gasteiger partial charge < -0.3 is 10.6 Å². The number of carbonyl (C=O) groups excluding carboxylic acids is 1. The van der Waals surface area contributed by atoms with Crippen molar-refractivity contribution in [2.75, 3.05) is 17.7 Å². The SMILES string of the molecule is CNc1cc(C(=O)Nc2ccc(Br)cn2)cc(C(C)C)n1. The first-order chi connectivity index (χ1) is 9.99. The highest BCUT2D eigenvalue weighted by molar-refractivity contribution is 9.10. The van der Waals surface area contributed by atoms with Gasteiger partial charge in [-0.05, 0) is 46.1 Å². The standard InChI is InChI=1S/C15H17BrN4O/c1-9(2)12-6-10(7-14(17-3)19-12)15(21)20-13-5-4-11(16)8-18-13/h4-9H,1-3H3,(H,17,19)(H,18,20,21). The Morgan fingerprint density at radius 3 is 2.57 bits per heavy atom. The van der Waals surface area contributed by atoms with Gasteiger partial charge in [0, 0.05) is 29.0 Å². The monoisotopic (exact) mass is 348 g/mol. The molecule has 110 valence electrons. The highest BCUT2D eigenvalue weighted by Crippen LogP contribution is 2.18. The molecule has 1 amide bonds. The number of hydrogen-bond donors (Lipinski definition) is 2. The van der Waals surface area contributed by atoms with E-state index in [9.17, 15) is 4.79 Å². The van der Waals surface area contributed by atoms with Gasteiger partial charge in [-0.1, -0.05) is 13.8 Å². The zero-order chi connectivity index (χ0) is 15.4. The third-order valence-electron chi connectivity index (χ3n) is 2.92. The van der Waals surface area contributed by atoms with Crippen molar-refractivity contribution in [2.45, 2.75) is 19.8 Å². The molecule has 2 N–H and O–H groups in total. The number of nitrogens with zero attached hydrogens (tertiary/aromatic N) is 2. The molecule has 0 aliphatic carbocycles. The van der Waals surface area contributed by atoms with Crippen LogP contribution in [0.4, 0.5) is 11.6 Å². The van der Waals surface area contributed by atoms with Crippen LogP contribution in [0.3, 0.4) is 0 Å². The van der Waals surface area contributed by atoms with Gasteiger partial charge in [-0.3, -0.25) is 4.79 Å². The molecule has 5 nitrogen and oxygen atoms in total. The van der Waals surface area contributed by atoms with Crippen LogP contribution in [0.25, 0.3) is 0 Å². The lowest BCUT2D eigenvalue weighted by molar-refractivity contribution is 0.102. The zero-order valence-electron chi connectivity index (χ0n) is 12.1. The molecule has 2 heterocycles. The second-order valence-electron chi connectivity index (χ2n) is 4.89. The van der Waals surface area contributed by atoms with Gasteiger partial charge in [-0.2, -0.15) is 0 Å². The number of carbonyl (C=O) groups is 1. The van der Waals surface area contributed by atoms with Crippen molar-refractivity contribution in [3.05, 3.63) is 46.2 Å². The van der Waals surface area contributed by atoms with Crippen molar-refractivity contribution < 1.29 is 4.79 Å². The minimum Gasteiger partial charge on any atom is -0.373 e. The van der Waals surface area contributed by atoms with Crippen molar-refractivity contribution in [1.82, 2.24) is 9.97 Å². The average Bonchev–Trinajstić information content (AvgIpc) is 2.49. The van der Waals surface area contributed by atoms with Crippen LogP contribution in [0.2, 0.25) is 0 Å². The van der Waals surface area contributed by atoms with Gasteiger partial charge in [0.15, 0.2) is 0 Å². The lowest BCUT2D eigenvalue weighted by Crippen LogP contribution is -2.14. The fraction of sp³-hybridized carbons (Fsp3) is 0.267. The molecule has 0 atom stereocenters. The first kappa shape index (κ1) is 15.4. The summed E-state index contributed by atoms with van der Waals surface area (Å²) in [4.78, 5) is 20.9. The number of rotatable bonds is 4. The van der Waals surface area contributed by atoms with E-state index in [1.165, 1.54) is 0 Å². The molecule has 0 saturated carbocycles. The van der Waals surface area contributed by atoms with E-state index < -0.39 is 0 Å². The largest absolute Gasteiger partial charge is 0.373 e. The number of halogens is 1. The first-order valence-electron chi connectivity index (χ1n) is 6.62. The van der Waals surface area contributed by atoms with Gasteiger partial charge >= 0.3 is 0 Å². The molecule has 0 aromatic carbocycles. The van der Waals surface area contributed by atoms with Gasteiger partial charge in [0.05, 0.1) is 0 Å². The summed E-state index contributed by atoms with van der Waals surface area (Å²) >= 11 is 3.31. The number of amides is 1. The molecule has 0 radical (unpaired) electrons. The lowest BCUT2D eigenvalue weighted by Gasteiger charge is -2.11. The third-order valence-corrected chi connectivity index (χ3v) is 3.39. The predicted molar refractivity (Wildman–Crippen MR) is 87.8 cm³/mol. The van der Waals surface area contributed by atoms with E-state index in [0.29, 0.717) is 17.2 Å². The van der Waals surface area contributed by atoms with E-state index in [1.54, 1.807) is 31.4 Å². The molecule has 0 saturated heterocycles. The summed E-state index contributed by atoms with van der Waals surface area (Å²) in [7, 11) is 1.78. The van der Waals surface area contributed by atoms with Crippen LogP contribution in [-0.4, -0.2) is 22.9 Å². The summed E-state index contributed by atoms with van der Waals surface area (Å²) in [5.41, 5.74) is 1.43. The van der Waals surface area contributed by atoms with E-state index in [-0.39, 0.29) is 11.8 Å². The molecule has 0 spiro atoms. The van der Waals surface area contributed by atoms with Crippen molar-refractivity contribution in [3.63, 3.8) is 0 Å². The van der Waals surface area contributed by atoms with Gasteiger partial charge in [0.2, 0.25) is 0 Å². The maximum absolute atomic E-state index is 12.3. The molecule has 0 unspecified atom stereocenters. The molecular formula is C15H17BrN4O. The van der Waals surface area contributed by atoms with E-state index in [1.807, 2.05) is 19.9 Å². The van der Waals surface area contributed by atoms with Crippen LogP contribution in [0.15, 0.2) is 34.9 Å². The molecule has 2 aromatic heterocycles. The van der Waals surface area contributed by atoms with Crippen LogP contribution in [0.1, 0.15) is 35.8 Å². The van der Waals surface area contributed by atoms with Crippen molar-refractivity contribution in [1.29, 1.82) is 0 Å². The second kappa shape index (κ2) is 6.67. The third kappa shape index (κ3) is 4.01. The quantitative estimate of drug-likeness (QED) is 0.884. The molecule has 0 aliphatic heterocycles. The predicted octanol–water partition coefficient (Wildman–Crippen LogP) is 3.66. The van der Waals surface area contributed by atoms with Crippen LogP contribution < -0.4 is 10.6 Å². The highest BCUT2D eigenvalue weighted by Gasteiger charge is 2.12. The number of pyridine rings is 2. The zero-order valence-corrected chi connectivity index (χ0v) is 13.7. The maximum Gasteiger partial charge on any atom is 0.257 e. The Bertz CT molecular complexity index is 641. The molecule has 2 rings (SSSR count). The van der Waals surface area contributed by atoms with Gasteiger partial charge in [0.25, 0.3) is 5.91 Å². The average molecular weight is 349 g/mol. The highest BCUT2D eigenvalue weighted by atomic mass is 79.9. The summed E-state index contributed by atoms with van der Waals surface area (Å²) in [6, 6.07) is 7.10. The first-order valence-corrected chi connectivity index (χ1v) is 7.41.